The number of benzene rings is 3. The molecule has 0 saturated carbocycles. The molecule has 0 aliphatic rings. The highest BCUT2D eigenvalue weighted by atomic mass is 35.5. The Hall–Kier alpha value is -1.58. The Kier molecular flexibility index (Phi) is 5.75. The summed E-state index contributed by atoms with van der Waals surface area (Å²) in [6.07, 6.45) is 0.892. The number of rotatable bonds is 6. The molecule has 2 nitrogen and oxygen atoms in total. The monoisotopic (exact) mass is 358 g/mol. The minimum Gasteiger partial charge on any atom is -0.329 e. The molecule has 3 N–H and O–H groups in total. The fourth-order valence-corrected chi connectivity index (χ4v) is 3.12. The van der Waals surface area contributed by atoms with E-state index < -0.39 is 0 Å². The molecule has 1 unspecified atom stereocenters. The van der Waals surface area contributed by atoms with Crippen molar-refractivity contribution in [2.45, 2.75) is 19.0 Å². The first-order valence-corrected chi connectivity index (χ1v) is 8.76. The van der Waals surface area contributed by atoms with Crippen molar-refractivity contribution in [3.8, 4) is 0 Å². The molecular formula is C20H20Cl2N2. The van der Waals surface area contributed by atoms with E-state index in [4.69, 9.17) is 28.9 Å². The zero-order chi connectivity index (χ0) is 16.9. The first kappa shape index (κ1) is 17.2. The Morgan fingerprint density at radius 1 is 0.833 bits per heavy atom. The van der Waals surface area contributed by atoms with Gasteiger partial charge in [0, 0.05) is 19.1 Å². The van der Waals surface area contributed by atoms with E-state index in [9.17, 15) is 0 Å². The lowest BCUT2D eigenvalue weighted by atomic mass is 10.0. The maximum Gasteiger partial charge on any atom is 0.0595 e. The van der Waals surface area contributed by atoms with Crippen LogP contribution in [0.4, 0.5) is 0 Å². The van der Waals surface area contributed by atoms with E-state index in [2.05, 4.69) is 47.8 Å². The van der Waals surface area contributed by atoms with Crippen LogP contribution in [0.2, 0.25) is 10.0 Å². The summed E-state index contributed by atoms with van der Waals surface area (Å²) in [5.74, 6) is 0. The SMILES string of the molecule is NCC(Cc1ccc2ccccc2c1)NCc1ccc(Cl)c(Cl)c1. The normalized spacial score (nSPS) is 12.5. The van der Waals surface area contributed by atoms with Gasteiger partial charge in [0.05, 0.1) is 10.0 Å². The summed E-state index contributed by atoms with van der Waals surface area (Å²) in [7, 11) is 0. The van der Waals surface area contributed by atoms with E-state index in [-0.39, 0.29) is 6.04 Å². The third-order valence-corrected chi connectivity index (χ3v) is 4.90. The fourth-order valence-electron chi connectivity index (χ4n) is 2.80. The van der Waals surface area contributed by atoms with Gasteiger partial charge in [0.1, 0.15) is 0 Å². The molecule has 0 aliphatic heterocycles. The van der Waals surface area contributed by atoms with Crippen LogP contribution in [0.1, 0.15) is 11.1 Å². The first-order chi connectivity index (χ1) is 11.7. The Bertz CT molecular complexity index is 833. The molecule has 3 rings (SSSR count). The molecule has 24 heavy (non-hydrogen) atoms. The van der Waals surface area contributed by atoms with Crippen molar-refractivity contribution in [2.75, 3.05) is 6.54 Å². The summed E-state index contributed by atoms with van der Waals surface area (Å²) >= 11 is 12.0. The average Bonchev–Trinajstić information content (AvgIpc) is 2.61. The number of hydrogen-bond acceptors (Lipinski definition) is 2. The Labute approximate surface area is 152 Å². The van der Waals surface area contributed by atoms with Crippen molar-refractivity contribution >= 4 is 34.0 Å². The van der Waals surface area contributed by atoms with Crippen molar-refractivity contribution in [3.63, 3.8) is 0 Å². The average molecular weight is 359 g/mol. The Morgan fingerprint density at radius 2 is 1.58 bits per heavy atom. The lowest BCUT2D eigenvalue weighted by Gasteiger charge is -2.17. The minimum absolute atomic E-state index is 0.209. The van der Waals surface area contributed by atoms with E-state index in [0.29, 0.717) is 23.1 Å². The molecule has 0 aliphatic carbocycles. The molecule has 4 heteroatoms. The molecule has 0 bridgehead atoms. The van der Waals surface area contributed by atoms with Crippen molar-refractivity contribution in [1.29, 1.82) is 0 Å². The molecule has 0 aromatic heterocycles. The third kappa shape index (κ3) is 4.28. The standard InChI is InChI=1S/C20H20Cl2N2/c21-19-8-6-15(11-20(19)22)13-24-18(12-23)10-14-5-7-16-3-1-2-4-17(16)9-14/h1-9,11,18,24H,10,12-13,23H2. The van der Waals surface area contributed by atoms with Crippen molar-refractivity contribution < 1.29 is 0 Å². The summed E-state index contributed by atoms with van der Waals surface area (Å²) in [5.41, 5.74) is 8.32. The number of hydrogen-bond donors (Lipinski definition) is 2. The molecule has 3 aromatic rings. The number of nitrogens with one attached hydrogen (secondary N) is 1. The van der Waals surface area contributed by atoms with Crippen LogP contribution in [0.3, 0.4) is 0 Å². The van der Waals surface area contributed by atoms with Gasteiger partial charge in [-0.15, -0.1) is 0 Å². The quantitative estimate of drug-likeness (QED) is 0.663. The van der Waals surface area contributed by atoms with Gasteiger partial charge in [-0.2, -0.15) is 0 Å². The van der Waals surface area contributed by atoms with E-state index >= 15 is 0 Å². The van der Waals surface area contributed by atoms with E-state index in [1.165, 1.54) is 16.3 Å². The first-order valence-electron chi connectivity index (χ1n) is 8.01. The van der Waals surface area contributed by atoms with Gasteiger partial charge in [-0.1, -0.05) is 71.7 Å². The van der Waals surface area contributed by atoms with Gasteiger partial charge in [0.15, 0.2) is 0 Å². The van der Waals surface area contributed by atoms with Gasteiger partial charge in [-0.25, -0.2) is 0 Å². The van der Waals surface area contributed by atoms with Gasteiger partial charge in [-0.3, -0.25) is 0 Å². The lowest BCUT2D eigenvalue weighted by Crippen LogP contribution is -2.37. The molecule has 0 heterocycles. The van der Waals surface area contributed by atoms with Crippen LogP contribution >= 0.6 is 23.2 Å². The molecule has 0 fully saturated rings. The topological polar surface area (TPSA) is 38.0 Å². The largest absolute Gasteiger partial charge is 0.329 e. The third-order valence-electron chi connectivity index (χ3n) is 4.16. The van der Waals surface area contributed by atoms with Crippen LogP contribution in [0, 0.1) is 0 Å². The predicted molar refractivity (Wildman–Crippen MR) is 104 cm³/mol. The number of halogens is 2. The van der Waals surface area contributed by atoms with Crippen LogP contribution in [0.5, 0.6) is 0 Å². The van der Waals surface area contributed by atoms with Crippen molar-refractivity contribution in [2.24, 2.45) is 5.73 Å². The smallest absolute Gasteiger partial charge is 0.0595 e. The highest BCUT2D eigenvalue weighted by Gasteiger charge is 2.09. The molecule has 0 spiro atoms. The van der Waals surface area contributed by atoms with Gasteiger partial charge in [0.25, 0.3) is 0 Å². The molecule has 1 atom stereocenters. The predicted octanol–water partition coefficient (Wildman–Crippen LogP) is 4.81. The van der Waals surface area contributed by atoms with E-state index in [1.807, 2.05) is 18.2 Å². The maximum absolute atomic E-state index is 6.06. The summed E-state index contributed by atoms with van der Waals surface area (Å²) < 4.78 is 0. The summed E-state index contributed by atoms with van der Waals surface area (Å²) in [4.78, 5) is 0. The number of nitrogens with two attached hydrogens (primary N) is 1. The van der Waals surface area contributed by atoms with Crippen LogP contribution in [0.15, 0.2) is 60.7 Å². The maximum atomic E-state index is 6.06. The fraction of sp³-hybridized carbons (Fsp3) is 0.200. The van der Waals surface area contributed by atoms with E-state index in [1.54, 1.807) is 0 Å². The molecule has 0 amide bonds. The second-order valence-corrected chi connectivity index (χ2v) is 6.76. The second-order valence-electron chi connectivity index (χ2n) is 5.95. The molecule has 3 aromatic carbocycles. The minimum atomic E-state index is 0.209. The van der Waals surface area contributed by atoms with Crippen molar-refractivity contribution in [1.82, 2.24) is 5.32 Å². The zero-order valence-electron chi connectivity index (χ0n) is 13.3. The van der Waals surface area contributed by atoms with E-state index in [0.717, 1.165) is 12.0 Å². The molecule has 124 valence electrons. The molecular weight excluding hydrogens is 339 g/mol. The summed E-state index contributed by atoms with van der Waals surface area (Å²) in [6.45, 7) is 1.29. The molecule has 0 saturated heterocycles. The Balaban J connectivity index is 1.65. The Morgan fingerprint density at radius 3 is 2.33 bits per heavy atom. The lowest BCUT2D eigenvalue weighted by molar-refractivity contribution is 0.516. The zero-order valence-corrected chi connectivity index (χ0v) is 14.8. The van der Waals surface area contributed by atoms with Crippen molar-refractivity contribution in [3.05, 3.63) is 81.8 Å². The van der Waals surface area contributed by atoms with Crippen LogP contribution in [-0.4, -0.2) is 12.6 Å². The van der Waals surface area contributed by atoms with Crippen LogP contribution < -0.4 is 11.1 Å². The van der Waals surface area contributed by atoms with Crippen LogP contribution in [-0.2, 0) is 13.0 Å². The number of fused-ring (bicyclic) bond motifs is 1. The molecule has 0 radical (unpaired) electrons. The highest BCUT2D eigenvalue weighted by molar-refractivity contribution is 6.42. The summed E-state index contributed by atoms with van der Waals surface area (Å²) in [5, 5.41) is 7.17. The van der Waals surface area contributed by atoms with Gasteiger partial charge >= 0.3 is 0 Å². The van der Waals surface area contributed by atoms with Gasteiger partial charge in [-0.05, 0) is 40.5 Å². The van der Waals surface area contributed by atoms with Gasteiger partial charge < -0.3 is 11.1 Å². The van der Waals surface area contributed by atoms with Gasteiger partial charge in [0.2, 0.25) is 0 Å². The highest BCUT2D eigenvalue weighted by Crippen LogP contribution is 2.22. The summed E-state index contributed by atoms with van der Waals surface area (Å²) in [6, 6.07) is 20.9. The second kappa shape index (κ2) is 8.00. The van der Waals surface area contributed by atoms with Crippen LogP contribution in [0.25, 0.3) is 10.8 Å².